The standard InChI is InChI=1S/C13H17ClN4O2S/c1-8(7-20-13(16)19)6-11(17-18-12(15)21)9-2-4-10(14)5-3-9/h2-5,8H,6-7H2,1H3,(H2,16,19)(H3,15,18,21). The Hall–Kier alpha value is -1.86. The normalized spacial score (nSPS) is 12.6. The highest BCUT2D eigenvalue weighted by Gasteiger charge is 2.12. The quantitative estimate of drug-likeness (QED) is 0.421. The molecule has 1 aromatic carbocycles. The van der Waals surface area contributed by atoms with Gasteiger partial charge in [-0.1, -0.05) is 30.7 Å². The number of amides is 1. The SMILES string of the molecule is CC(COC(N)=O)CC(=NNC(N)=S)c1ccc(Cl)cc1. The number of hydrogen-bond donors (Lipinski definition) is 3. The number of ether oxygens (including phenoxy) is 1. The fraction of sp³-hybridized carbons (Fsp3) is 0.308. The number of halogens is 1. The first-order valence-corrected chi connectivity index (χ1v) is 6.97. The number of benzene rings is 1. The van der Waals surface area contributed by atoms with Gasteiger partial charge in [0.05, 0.1) is 12.3 Å². The second kappa shape index (κ2) is 8.43. The lowest BCUT2D eigenvalue weighted by molar-refractivity contribution is 0.141. The first-order valence-electron chi connectivity index (χ1n) is 6.18. The van der Waals surface area contributed by atoms with Gasteiger partial charge in [0.1, 0.15) is 0 Å². The van der Waals surface area contributed by atoms with Crippen LogP contribution in [0.5, 0.6) is 0 Å². The molecule has 0 aromatic heterocycles. The maximum absolute atomic E-state index is 10.6. The Kier molecular flexibility index (Phi) is 6.90. The predicted octanol–water partition coefficient (Wildman–Crippen LogP) is 2.00. The summed E-state index contributed by atoms with van der Waals surface area (Å²) in [6.07, 6.45) is -0.252. The number of rotatable bonds is 6. The lowest BCUT2D eigenvalue weighted by atomic mass is 9.99. The van der Waals surface area contributed by atoms with E-state index in [1.54, 1.807) is 12.1 Å². The Labute approximate surface area is 133 Å². The first kappa shape index (κ1) is 17.2. The highest BCUT2D eigenvalue weighted by atomic mass is 35.5. The molecule has 1 rings (SSSR count). The zero-order valence-electron chi connectivity index (χ0n) is 11.5. The second-order valence-corrected chi connectivity index (χ2v) is 5.36. The van der Waals surface area contributed by atoms with Crippen molar-refractivity contribution in [1.82, 2.24) is 5.43 Å². The summed E-state index contributed by atoms with van der Waals surface area (Å²) in [7, 11) is 0. The number of carbonyl (C=O) groups excluding carboxylic acids is 1. The van der Waals surface area contributed by atoms with Crippen molar-refractivity contribution >= 4 is 40.7 Å². The summed E-state index contributed by atoms with van der Waals surface area (Å²) in [6, 6.07) is 7.20. The molecule has 1 aromatic rings. The number of thiocarbonyl (C=S) groups is 1. The third-order valence-electron chi connectivity index (χ3n) is 2.53. The van der Waals surface area contributed by atoms with Crippen LogP contribution < -0.4 is 16.9 Å². The summed E-state index contributed by atoms with van der Waals surface area (Å²) >= 11 is 10.6. The van der Waals surface area contributed by atoms with E-state index in [-0.39, 0.29) is 17.6 Å². The van der Waals surface area contributed by atoms with Gasteiger partial charge in [0.15, 0.2) is 5.11 Å². The number of carbonyl (C=O) groups is 1. The van der Waals surface area contributed by atoms with E-state index in [9.17, 15) is 4.79 Å². The highest BCUT2D eigenvalue weighted by Crippen LogP contribution is 2.15. The zero-order chi connectivity index (χ0) is 15.8. The van der Waals surface area contributed by atoms with Gasteiger partial charge >= 0.3 is 6.09 Å². The number of nitrogens with zero attached hydrogens (tertiary/aromatic N) is 1. The summed E-state index contributed by atoms with van der Waals surface area (Å²) in [5.74, 6) is 0.0278. The minimum Gasteiger partial charge on any atom is -0.449 e. The third-order valence-corrected chi connectivity index (χ3v) is 2.87. The van der Waals surface area contributed by atoms with Crippen molar-refractivity contribution in [3.05, 3.63) is 34.9 Å². The van der Waals surface area contributed by atoms with Crippen molar-refractivity contribution in [2.24, 2.45) is 22.5 Å². The van der Waals surface area contributed by atoms with E-state index in [1.165, 1.54) is 0 Å². The van der Waals surface area contributed by atoms with Gasteiger partial charge < -0.3 is 16.2 Å². The Morgan fingerprint density at radius 3 is 2.57 bits per heavy atom. The van der Waals surface area contributed by atoms with Gasteiger partial charge in [-0.3, -0.25) is 5.43 Å². The van der Waals surface area contributed by atoms with Crippen LogP contribution in [0.1, 0.15) is 18.9 Å². The largest absolute Gasteiger partial charge is 0.449 e. The molecule has 8 heteroatoms. The molecule has 0 saturated carbocycles. The average Bonchev–Trinajstić information content (AvgIpc) is 2.42. The van der Waals surface area contributed by atoms with Gasteiger partial charge in [-0.05, 0) is 42.3 Å². The van der Waals surface area contributed by atoms with Gasteiger partial charge in [0.2, 0.25) is 0 Å². The number of primary amides is 1. The third kappa shape index (κ3) is 6.92. The van der Waals surface area contributed by atoms with E-state index < -0.39 is 6.09 Å². The molecule has 5 N–H and O–H groups in total. The molecule has 0 aliphatic rings. The zero-order valence-corrected chi connectivity index (χ0v) is 13.1. The van der Waals surface area contributed by atoms with Gasteiger partial charge in [-0.15, -0.1) is 0 Å². The van der Waals surface area contributed by atoms with Crippen LogP contribution in [-0.2, 0) is 4.74 Å². The van der Waals surface area contributed by atoms with Crippen LogP contribution >= 0.6 is 23.8 Å². The molecule has 21 heavy (non-hydrogen) atoms. The van der Waals surface area contributed by atoms with Crippen LogP contribution in [-0.4, -0.2) is 23.5 Å². The Balaban J connectivity index is 2.82. The number of nitrogens with one attached hydrogen (secondary N) is 1. The van der Waals surface area contributed by atoms with E-state index in [0.717, 1.165) is 11.3 Å². The van der Waals surface area contributed by atoms with Gasteiger partial charge in [-0.2, -0.15) is 5.10 Å². The van der Waals surface area contributed by atoms with Crippen molar-refractivity contribution < 1.29 is 9.53 Å². The predicted molar refractivity (Wildman–Crippen MR) is 87.2 cm³/mol. The number of hydrogen-bond acceptors (Lipinski definition) is 4. The lowest BCUT2D eigenvalue weighted by Gasteiger charge is -2.13. The highest BCUT2D eigenvalue weighted by molar-refractivity contribution is 7.80. The number of hydrazone groups is 1. The van der Waals surface area contributed by atoms with Crippen molar-refractivity contribution in [2.75, 3.05) is 6.61 Å². The molecule has 1 amide bonds. The fourth-order valence-corrected chi connectivity index (χ4v) is 1.78. The van der Waals surface area contributed by atoms with Crippen molar-refractivity contribution in [3.8, 4) is 0 Å². The van der Waals surface area contributed by atoms with Crippen molar-refractivity contribution in [2.45, 2.75) is 13.3 Å². The van der Waals surface area contributed by atoms with Crippen LogP contribution in [0.15, 0.2) is 29.4 Å². The molecular weight excluding hydrogens is 312 g/mol. The van der Waals surface area contributed by atoms with Crippen LogP contribution in [0.3, 0.4) is 0 Å². The molecule has 6 nitrogen and oxygen atoms in total. The summed E-state index contributed by atoms with van der Waals surface area (Å²) in [4.78, 5) is 10.6. The summed E-state index contributed by atoms with van der Waals surface area (Å²) in [5.41, 5.74) is 14.5. The maximum atomic E-state index is 10.6. The molecule has 0 heterocycles. The van der Waals surface area contributed by atoms with Crippen molar-refractivity contribution in [3.63, 3.8) is 0 Å². The molecule has 0 aliphatic heterocycles. The first-order chi connectivity index (χ1) is 9.88. The monoisotopic (exact) mass is 328 g/mol. The summed E-state index contributed by atoms with van der Waals surface area (Å²) in [5, 5.41) is 4.88. The second-order valence-electron chi connectivity index (χ2n) is 4.48. The Morgan fingerprint density at radius 2 is 2.05 bits per heavy atom. The minimum absolute atomic E-state index is 0.0278. The van der Waals surface area contributed by atoms with E-state index in [0.29, 0.717) is 11.4 Å². The topological polar surface area (TPSA) is 103 Å². The van der Waals surface area contributed by atoms with Gasteiger partial charge in [-0.25, -0.2) is 4.79 Å². The molecule has 0 saturated heterocycles. The summed E-state index contributed by atoms with van der Waals surface area (Å²) < 4.78 is 4.78. The van der Waals surface area contributed by atoms with Gasteiger partial charge in [0, 0.05) is 5.02 Å². The van der Waals surface area contributed by atoms with E-state index in [4.69, 9.17) is 40.0 Å². The Bertz CT molecular complexity index is 533. The molecule has 1 atom stereocenters. The van der Waals surface area contributed by atoms with Crippen molar-refractivity contribution in [1.29, 1.82) is 0 Å². The molecule has 1 unspecified atom stereocenters. The molecular formula is C13H17ClN4O2S. The molecule has 0 aliphatic carbocycles. The smallest absolute Gasteiger partial charge is 0.404 e. The molecule has 114 valence electrons. The summed E-state index contributed by atoms with van der Waals surface area (Å²) in [6.45, 7) is 2.12. The van der Waals surface area contributed by atoms with Gasteiger partial charge in [0.25, 0.3) is 0 Å². The number of nitrogens with two attached hydrogens (primary N) is 2. The van der Waals surface area contributed by atoms with Crippen LogP contribution in [0.4, 0.5) is 4.79 Å². The van der Waals surface area contributed by atoms with Crippen LogP contribution in [0.25, 0.3) is 0 Å². The average molecular weight is 329 g/mol. The van der Waals surface area contributed by atoms with Crippen LogP contribution in [0, 0.1) is 5.92 Å². The molecule has 0 fully saturated rings. The Morgan fingerprint density at radius 1 is 1.43 bits per heavy atom. The molecule has 0 bridgehead atoms. The minimum atomic E-state index is -0.798. The molecule has 0 radical (unpaired) electrons. The van der Waals surface area contributed by atoms with E-state index in [2.05, 4.69) is 10.5 Å². The van der Waals surface area contributed by atoms with E-state index in [1.807, 2.05) is 19.1 Å². The maximum Gasteiger partial charge on any atom is 0.404 e. The lowest BCUT2D eigenvalue weighted by Crippen LogP contribution is -2.26. The van der Waals surface area contributed by atoms with Crippen LogP contribution in [0.2, 0.25) is 5.02 Å². The fourth-order valence-electron chi connectivity index (χ4n) is 1.61. The van der Waals surface area contributed by atoms with E-state index >= 15 is 0 Å². The molecule has 0 spiro atoms.